The van der Waals surface area contributed by atoms with E-state index in [2.05, 4.69) is 15.6 Å². The normalized spacial score (nSPS) is 17.6. The van der Waals surface area contributed by atoms with Crippen molar-refractivity contribution in [2.24, 2.45) is 4.99 Å². The first-order valence-corrected chi connectivity index (χ1v) is 12.0. The van der Waals surface area contributed by atoms with Crippen molar-refractivity contribution >= 4 is 46.0 Å². The van der Waals surface area contributed by atoms with Crippen LogP contribution in [0.1, 0.15) is 31.4 Å². The number of hydrogen-bond acceptors (Lipinski definition) is 6. The van der Waals surface area contributed by atoms with Gasteiger partial charge in [0, 0.05) is 13.0 Å². The van der Waals surface area contributed by atoms with Crippen LogP contribution < -0.4 is 15.4 Å². The summed E-state index contributed by atoms with van der Waals surface area (Å²) in [5.41, 5.74) is 3.43. The zero-order chi connectivity index (χ0) is 24.8. The Morgan fingerprint density at radius 1 is 1.18 bits per heavy atom. The van der Waals surface area contributed by atoms with Crippen LogP contribution in [0.4, 0.5) is 11.4 Å². The molecule has 3 rings (SSSR count). The van der Waals surface area contributed by atoms with E-state index in [-0.39, 0.29) is 24.1 Å². The topological polar surface area (TPSA) is 100 Å². The lowest BCUT2D eigenvalue weighted by molar-refractivity contribution is -0.135. The number of carbonyl (C=O) groups is 3. The molecule has 1 fully saturated rings. The Morgan fingerprint density at radius 2 is 1.91 bits per heavy atom. The predicted molar refractivity (Wildman–Crippen MR) is 136 cm³/mol. The molecule has 0 saturated carbocycles. The minimum absolute atomic E-state index is 0.0634. The Labute approximate surface area is 204 Å². The van der Waals surface area contributed by atoms with Crippen LogP contribution in [0, 0.1) is 13.8 Å². The highest BCUT2D eigenvalue weighted by atomic mass is 32.2. The van der Waals surface area contributed by atoms with Crippen molar-refractivity contribution in [2.75, 3.05) is 19.0 Å². The van der Waals surface area contributed by atoms with Crippen LogP contribution in [0.25, 0.3) is 0 Å². The van der Waals surface area contributed by atoms with Crippen molar-refractivity contribution in [1.29, 1.82) is 0 Å². The largest absolute Gasteiger partial charge is 0.495 e. The maximum absolute atomic E-state index is 13.3. The molecule has 2 aromatic carbocycles. The van der Waals surface area contributed by atoms with Crippen molar-refractivity contribution in [3.05, 3.63) is 53.6 Å². The summed E-state index contributed by atoms with van der Waals surface area (Å²) in [6, 6.07) is 12.1. The van der Waals surface area contributed by atoms with Crippen LogP contribution >= 0.6 is 11.8 Å². The number of carbonyl (C=O) groups excluding carboxylic acids is 3. The maximum atomic E-state index is 13.3. The Bertz CT molecular complexity index is 1120. The number of para-hydroxylation sites is 2. The summed E-state index contributed by atoms with van der Waals surface area (Å²) in [4.78, 5) is 44.7. The van der Waals surface area contributed by atoms with Gasteiger partial charge in [0.15, 0.2) is 5.17 Å². The number of rotatable bonds is 8. The standard InChI is InChI=1S/C25H30N4O4S/c1-6-26-23(31)17(4)29-24(32)21(14-22(30)28-19-9-7-8-10-20(19)33-5)34-25(29)27-18-12-11-15(2)16(3)13-18/h7-13,17,21H,6,14H2,1-5H3,(H,26,31)(H,28,30). The van der Waals surface area contributed by atoms with Gasteiger partial charge in [-0.15, -0.1) is 0 Å². The zero-order valence-electron chi connectivity index (χ0n) is 20.0. The molecule has 2 N–H and O–H groups in total. The second-order valence-electron chi connectivity index (χ2n) is 8.00. The van der Waals surface area contributed by atoms with E-state index >= 15 is 0 Å². The van der Waals surface area contributed by atoms with Gasteiger partial charge in [-0.1, -0.05) is 30.0 Å². The number of methoxy groups -OCH3 is 1. The second kappa shape index (κ2) is 11.2. The van der Waals surface area contributed by atoms with E-state index in [0.29, 0.717) is 28.8 Å². The average molecular weight is 483 g/mol. The number of nitrogens with zero attached hydrogens (tertiary/aromatic N) is 2. The summed E-state index contributed by atoms with van der Waals surface area (Å²) < 4.78 is 5.28. The zero-order valence-corrected chi connectivity index (χ0v) is 20.9. The van der Waals surface area contributed by atoms with Gasteiger partial charge < -0.3 is 15.4 Å². The van der Waals surface area contributed by atoms with E-state index in [4.69, 9.17) is 4.74 Å². The number of amidine groups is 1. The SMILES string of the molecule is CCNC(=O)C(C)N1C(=O)C(CC(=O)Nc2ccccc2OC)SC1=Nc1ccc(C)c(C)c1. The third-order valence-corrected chi connectivity index (χ3v) is 6.70. The van der Waals surface area contributed by atoms with Gasteiger partial charge in [-0.25, -0.2) is 4.99 Å². The van der Waals surface area contributed by atoms with Gasteiger partial charge in [-0.3, -0.25) is 19.3 Å². The Morgan fingerprint density at radius 3 is 2.59 bits per heavy atom. The summed E-state index contributed by atoms with van der Waals surface area (Å²) in [6.45, 7) is 7.94. The van der Waals surface area contributed by atoms with Gasteiger partial charge in [0.25, 0.3) is 0 Å². The van der Waals surface area contributed by atoms with E-state index in [0.717, 1.165) is 11.1 Å². The number of anilines is 1. The van der Waals surface area contributed by atoms with Gasteiger partial charge in [0.2, 0.25) is 17.7 Å². The molecule has 0 aromatic heterocycles. The molecule has 2 atom stereocenters. The van der Waals surface area contributed by atoms with E-state index < -0.39 is 11.3 Å². The molecule has 2 aromatic rings. The molecule has 0 bridgehead atoms. The summed E-state index contributed by atoms with van der Waals surface area (Å²) in [5.74, 6) is -0.386. The van der Waals surface area contributed by atoms with Gasteiger partial charge in [-0.05, 0) is 63.1 Å². The third-order valence-electron chi connectivity index (χ3n) is 5.55. The number of nitrogens with one attached hydrogen (secondary N) is 2. The van der Waals surface area contributed by atoms with Crippen molar-refractivity contribution in [2.45, 2.75) is 45.4 Å². The molecular formula is C25H30N4O4S. The smallest absolute Gasteiger partial charge is 0.243 e. The maximum Gasteiger partial charge on any atom is 0.243 e. The average Bonchev–Trinajstić information content (AvgIpc) is 3.10. The molecule has 34 heavy (non-hydrogen) atoms. The van der Waals surface area contributed by atoms with Crippen molar-refractivity contribution in [3.63, 3.8) is 0 Å². The summed E-state index contributed by atoms with van der Waals surface area (Å²) in [6.07, 6.45) is -0.0634. The number of thioether (sulfide) groups is 1. The number of benzene rings is 2. The molecule has 0 radical (unpaired) electrons. The number of aryl methyl sites for hydroxylation is 2. The molecule has 1 saturated heterocycles. The predicted octanol–water partition coefficient (Wildman–Crippen LogP) is 3.80. The highest BCUT2D eigenvalue weighted by Crippen LogP contribution is 2.34. The number of ether oxygens (including phenoxy) is 1. The number of likely N-dealkylation sites (N-methyl/N-ethyl adjacent to an activating group) is 1. The number of amides is 3. The van der Waals surface area contributed by atoms with Crippen LogP contribution in [-0.2, 0) is 14.4 Å². The highest BCUT2D eigenvalue weighted by Gasteiger charge is 2.43. The first-order valence-electron chi connectivity index (χ1n) is 11.1. The van der Waals surface area contributed by atoms with Crippen LogP contribution in [0.3, 0.4) is 0 Å². The van der Waals surface area contributed by atoms with Crippen molar-refractivity contribution < 1.29 is 19.1 Å². The number of aliphatic imine (C=N–C) groups is 1. The quantitative estimate of drug-likeness (QED) is 0.596. The van der Waals surface area contributed by atoms with E-state index in [1.807, 2.05) is 39.0 Å². The Hall–Kier alpha value is -3.33. The Kier molecular flexibility index (Phi) is 8.33. The minimum Gasteiger partial charge on any atom is -0.495 e. The lowest BCUT2D eigenvalue weighted by Crippen LogP contribution is -2.48. The molecule has 1 aliphatic heterocycles. The lowest BCUT2D eigenvalue weighted by atomic mass is 10.1. The van der Waals surface area contributed by atoms with Gasteiger partial charge in [0.05, 0.1) is 18.5 Å². The third kappa shape index (κ3) is 5.77. The first-order chi connectivity index (χ1) is 16.2. The summed E-state index contributed by atoms with van der Waals surface area (Å²) in [5, 5.41) is 5.27. The molecule has 0 spiro atoms. The fraction of sp³-hybridized carbons (Fsp3) is 0.360. The molecule has 9 heteroatoms. The molecule has 1 heterocycles. The van der Waals surface area contributed by atoms with E-state index in [1.165, 1.54) is 23.8 Å². The summed E-state index contributed by atoms with van der Waals surface area (Å²) >= 11 is 1.20. The van der Waals surface area contributed by atoms with E-state index in [9.17, 15) is 14.4 Å². The van der Waals surface area contributed by atoms with Crippen LogP contribution in [0.15, 0.2) is 47.5 Å². The molecule has 1 aliphatic rings. The van der Waals surface area contributed by atoms with Crippen molar-refractivity contribution in [3.8, 4) is 5.75 Å². The summed E-state index contributed by atoms with van der Waals surface area (Å²) in [7, 11) is 1.53. The van der Waals surface area contributed by atoms with E-state index in [1.54, 1.807) is 31.2 Å². The van der Waals surface area contributed by atoms with Crippen LogP contribution in [0.2, 0.25) is 0 Å². The molecule has 180 valence electrons. The number of hydrogen-bond donors (Lipinski definition) is 2. The van der Waals surface area contributed by atoms with Crippen molar-refractivity contribution in [1.82, 2.24) is 10.2 Å². The highest BCUT2D eigenvalue weighted by molar-refractivity contribution is 8.15. The monoisotopic (exact) mass is 482 g/mol. The molecule has 3 amide bonds. The fourth-order valence-corrected chi connectivity index (χ4v) is 4.74. The molecular weight excluding hydrogens is 452 g/mol. The second-order valence-corrected chi connectivity index (χ2v) is 9.17. The first kappa shape index (κ1) is 25.3. The van der Waals surface area contributed by atoms with Gasteiger partial charge in [-0.2, -0.15) is 0 Å². The van der Waals surface area contributed by atoms with Gasteiger partial charge >= 0.3 is 0 Å². The van der Waals surface area contributed by atoms with Gasteiger partial charge in [0.1, 0.15) is 17.0 Å². The fourth-order valence-electron chi connectivity index (χ4n) is 3.51. The van der Waals surface area contributed by atoms with Crippen LogP contribution in [-0.4, -0.2) is 52.7 Å². The molecule has 8 nitrogen and oxygen atoms in total. The Balaban J connectivity index is 1.85. The van der Waals surface area contributed by atoms with Crippen LogP contribution in [0.5, 0.6) is 5.75 Å². The molecule has 0 aliphatic carbocycles. The molecule has 2 unspecified atom stereocenters. The lowest BCUT2D eigenvalue weighted by Gasteiger charge is -2.23. The minimum atomic E-state index is -0.757.